The number of nitrogens with zero attached hydrogens (tertiary/aromatic N) is 1. The lowest BCUT2D eigenvalue weighted by atomic mass is 10.0. The molecule has 0 atom stereocenters. The molecule has 1 N–H and O–H groups in total. The zero-order valence-corrected chi connectivity index (χ0v) is 9.47. The zero-order chi connectivity index (χ0) is 12.5. The Morgan fingerprint density at radius 1 is 1.00 bits per heavy atom. The Labute approximate surface area is 103 Å². The Kier molecular flexibility index (Phi) is 2.45. The van der Waals surface area contributed by atoms with E-state index in [1.165, 1.54) is 12.1 Å². The molecular weight excluding hydrogens is 229 g/mol. The molecule has 0 aliphatic rings. The summed E-state index contributed by atoms with van der Waals surface area (Å²) in [5, 5.41) is 11.2. The topological polar surface area (TPSA) is 33.1 Å². The highest BCUT2D eigenvalue weighted by Gasteiger charge is 2.07. The minimum atomic E-state index is -0.625. The van der Waals surface area contributed by atoms with Gasteiger partial charge in [-0.25, -0.2) is 4.39 Å². The van der Waals surface area contributed by atoms with Crippen LogP contribution in [0.15, 0.2) is 54.9 Å². The van der Waals surface area contributed by atoms with Crippen molar-refractivity contribution >= 4 is 10.8 Å². The monoisotopic (exact) mass is 239 g/mol. The fourth-order valence-corrected chi connectivity index (χ4v) is 2.02. The molecule has 0 unspecified atom stereocenters. The molecule has 0 spiro atoms. The van der Waals surface area contributed by atoms with Crippen molar-refractivity contribution in [3.05, 3.63) is 60.7 Å². The molecule has 1 aromatic heterocycles. The molecule has 0 fully saturated rings. The standard InChI is InChI=1S/C15H10FNO/c16-14-7-10(5-6-15(14)18)13-9-17-8-11-3-1-2-4-12(11)13/h1-9,18H. The van der Waals surface area contributed by atoms with Crippen molar-refractivity contribution in [3.63, 3.8) is 0 Å². The summed E-state index contributed by atoms with van der Waals surface area (Å²) in [6, 6.07) is 12.2. The van der Waals surface area contributed by atoms with Gasteiger partial charge in [0, 0.05) is 23.3 Å². The smallest absolute Gasteiger partial charge is 0.165 e. The van der Waals surface area contributed by atoms with Crippen LogP contribution < -0.4 is 0 Å². The molecular formula is C15H10FNO. The number of hydrogen-bond donors (Lipinski definition) is 1. The first-order chi connectivity index (χ1) is 8.75. The van der Waals surface area contributed by atoms with Gasteiger partial charge in [-0.3, -0.25) is 4.98 Å². The summed E-state index contributed by atoms with van der Waals surface area (Å²) in [7, 11) is 0. The second kappa shape index (κ2) is 4.11. The third-order valence-electron chi connectivity index (χ3n) is 2.93. The maximum Gasteiger partial charge on any atom is 0.165 e. The van der Waals surface area contributed by atoms with Crippen molar-refractivity contribution in [1.29, 1.82) is 0 Å². The number of halogens is 1. The minimum Gasteiger partial charge on any atom is -0.505 e. The molecule has 0 bridgehead atoms. The summed E-state index contributed by atoms with van der Waals surface area (Å²) < 4.78 is 13.4. The highest BCUT2D eigenvalue weighted by Crippen LogP contribution is 2.29. The number of phenolic OH excluding ortho intramolecular Hbond substituents is 1. The van der Waals surface area contributed by atoms with Crippen LogP contribution in [-0.2, 0) is 0 Å². The van der Waals surface area contributed by atoms with E-state index in [4.69, 9.17) is 0 Å². The van der Waals surface area contributed by atoms with Crippen LogP contribution in [0, 0.1) is 5.82 Å². The van der Waals surface area contributed by atoms with E-state index < -0.39 is 5.82 Å². The van der Waals surface area contributed by atoms with Gasteiger partial charge in [0.2, 0.25) is 0 Å². The fourth-order valence-electron chi connectivity index (χ4n) is 2.02. The van der Waals surface area contributed by atoms with E-state index in [9.17, 15) is 9.50 Å². The van der Waals surface area contributed by atoms with Crippen LogP contribution in [0.4, 0.5) is 4.39 Å². The van der Waals surface area contributed by atoms with Gasteiger partial charge in [-0.15, -0.1) is 0 Å². The predicted octanol–water partition coefficient (Wildman–Crippen LogP) is 3.75. The maximum absolute atomic E-state index is 13.4. The average Bonchev–Trinajstić information content (AvgIpc) is 2.41. The van der Waals surface area contributed by atoms with Gasteiger partial charge in [-0.2, -0.15) is 0 Å². The van der Waals surface area contributed by atoms with E-state index in [0.717, 1.165) is 16.3 Å². The largest absolute Gasteiger partial charge is 0.505 e. The van der Waals surface area contributed by atoms with Crippen LogP contribution in [0.1, 0.15) is 0 Å². The van der Waals surface area contributed by atoms with E-state index in [1.54, 1.807) is 18.5 Å². The van der Waals surface area contributed by atoms with Gasteiger partial charge in [0.15, 0.2) is 11.6 Å². The summed E-state index contributed by atoms with van der Waals surface area (Å²) in [5.41, 5.74) is 1.56. The quantitative estimate of drug-likeness (QED) is 0.701. The van der Waals surface area contributed by atoms with Crippen molar-refractivity contribution < 1.29 is 9.50 Å². The highest BCUT2D eigenvalue weighted by molar-refractivity contribution is 5.95. The molecule has 2 nitrogen and oxygen atoms in total. The van der Waals surface area contributed by atoms with Crippen molar-refractivity contribution in [3.8, 4) is 16.9 Å². The first-order valence-electron chi connectivity index (χ1n) is 5.57. The lowest BCUT2D eigenvalue weighted by molar-refractivity contribution is 0.432. The Bertz CT molecular complexity index is 719. The molecule has 0 saturated heterocycles. The summed E-state index contributed by atoms with van der Waals surface area (Å²) in [6.45, 7) is 0. The lowest BCUT2D eigenvalue weighted by Crippen LogP contribution is -1.85. The third-order valence-corrected chi connectivity index (χ3v) is 2.93. The summed E-state index contributed by atoms with van der Waals surface area (Å²) >= 11 is 0. The average molecular weight is 239 g/mol. The molecule has 3 aromatic rings. The Morgan fingerprint density at radius 3 is 2.67 bits per heavy atom. The summed E-state index contributed by atoms with van der Waals surface area (Å²) in [5.74, 6) is -0.965. The SMILES string of the molecule is Oc1ccc(-c2cncc3ccccc23)cc1F. The van der Waals surface area contributed by atoms with E-state index in [-0.39, 0.29) is 5.75 Å². The van der Waals surface area contributed by atoms with Crippen molar-refractivity contribution in [2.24, 2.45) is 0 Å². The Hall–Kier alpha value is -2.42. The maximum atomic E-state index is 13.4. The van der Waals surface area contributed by atoms with Crippen LogP contribution in [0.2, 0.25) is 0 Å². The molecule has 0 aliphatic heterocycles. The van der Waals surface area contributed by atoms with E-state index in [1.807, 2.05) is 24.3 Å². The van der Waals surface area contributed by atoms with E-state index in [2.05, 4.69) is 4.98 Å². The summed E-state index contributed by atoms with van der Waals surface area (Å²) in [6.07, 6.45) is 3.48. The minimum absolute atomic E-state index is 0.341. The van der Waals surface area contributed by atoms with Crippen molar-refractivity contribution in [2.75, 3.05) is 0 Å². The second-order valence-corrected chi connectivity index (χ2v) is 4.07. The number of aromatic hydroxyl groups is 1. The molecule has 0 amide bonds. The van der Waals surface area contributed by atoms with Crippen LogP contribution in [-0.4, -0.2) is 10.1 Å². The molecule has 18 heavy (non-hydrogen) atoms. The van der Waals surface area contributed by atoms with Crippen LogP contribution in [0.3, 0.4) is 0 Å². The Balaban J connectivity index is 2.28. The lowest BCUT2D eigenvalue weighted by Gasteiger charge is -2.06. The number of hydrogen-bond acceptors (Lipinski definition) is 2. The van der Waals surface area contributed by atoms with Crippen LogP contribution in [0.25, 0.3) is 21.9 Å². The number of rotatable bonds is 1. The molecule has 3 rings (SSSR count). The highest BCUT2D eigenvalue weighted by atomic mass is 19.1. The molecule has 3 heteroatoms. The van der Waals surface area contributed by atoms with E-state index in [0.29, 0.717) is 5.56 Å². The van der Waals surface area contributed by atoms with Gasteiger partial charge >= 0.3 is 0 Å². The summed E-state index contributed by atoms with van der Waals surface area (Å²) in [4.78, 5) is 4.16. The molecule has 2 aromatic carbocycles. The number of aromatic nitrogens is 1. The van der Waals surface area contributed by atoms with Crippen LogP contribution in [0.5, 0.6) is 5.75 Å². The van der Waals surface area contributed by atoms with Gasteiger partial charge in [0.25, 0.3) is 0 Å². The van der Waals surface area contributed by atoms with Crippen LogP contribution >= 0.6 is 0 Å². The molecule has 1 heterocycles. The number of benzene rings is 2. The number of fused-ring (bicyclic) bond motifs is 1. The normalized spacial score (nSPS) is 10.7. The number of phenols is 1. The molecule has 0 saturated carbocycles. The first-order valence-corrected chi connectivity index (χ1v) is 5.57. The van der Waals surface area contributed by atoms with Gasteiger partial charge in [-0.05, 0) is 23.1 Å². The first kappa shape index (κ1) is 10.7. The molecule has 88 valence electrons. The van der Waals surface area contributed by atoms with Gasteiger partial charge < -0.3 is 5.11 Å². The van der Waals surface area contributed by atoms with Gasteiger partial charge in [0.1, 0.15) is 0 Å². The third kappa shape index (κ3) is 1.70. The van der Waals surface area contributed by atoms with Crippen molar-refractivity contribution in [1.82, 2.24) is 4.98 Å². The molecule has 0 radical (unpaired) electrons. The van der Waals surface area contributed by atoms with E-state index >= 15 is 0 Å². The Morgan fingerprint density at radius 2 is 1.83 bits per heavy atom. The van der Waals surface area contributed by atoms with Crippen molar-refractivity contribution in [2.45, 2.75) is 0 Å². The molecule has 0 aliphatic carbocycles. The second-order valence-electron chi connectivity index (χ2n) is 4.07. The van der Waals surface area contributed by atoms with Gasteiger partial charge in [-0.1, -0.05) is 30.3 Å². The van der Waals surface area contributed by atoms with Gasteiger partial charge in [0.05, 0.1) is 0 Å². The predicted molar refractivity (Wildman–Crippen MR) is 68.8 cm³/mol. The zero-order valence-electron chi connectivity index (χ0n) is 9.47. The number of pyridine rings is 1. The fraction of sp³-hybridized carbons (Fsp3) is 0.